The Morgan fingerprint density at radius 3 is 2.58 bits per heavy atom. The third-order valence-electron chi connectivity index (χ3n) is 4.60. The monoisotopic (exact) mass is 263 g/mol. The van der Waals surface area contributed by atoms with Crippen LogP contribution < -0.4 is 5.32 Å². The summed E-state index contributed by atoms with van der Waals surface area (Å²) in [6, 6.07) is 7.91. The first-order valence-corrected chi connectivity index (χ1v) is 7.23. The second-order valence-corrected chi connectivity index (χ2v) is 5.64. The lowest BCUT2D eigenvalue weighted by atomic mass is 9.61. The summed E-state index contributed by atoms with van der Waals surface area (Å²) in [5.41, 5.74) is 1.45. The van der Waals surface area contributed by atoms with E-state index in [0.29, 0.717) is 17.9 Å². The van der Waals surface area contributed by atoms with Gasteiger partial charge in [-0.3, -0.25) is 0 Å². The van der Waals surface area contributed by atoms with E-state index in [4.69, 9.17) is 4.74 Å². The molecule has 1 fully saturated rings. The first-order valence-electron chi connectivity index (χ1n) is 7.23. The lowest BCUT2D eigenvalue weighted by Gasteiger charge is -2.53. The summed E-state index contributed by atoms with van der Waals surface area (Å²) in [6.45, 7) is 8.25. The molecule has 1 aliphatic rings. The van der Waals surface area contributed by atoms with Crippen molar-refractivity contribution in [3.05, 3.63) is 29.8 Å². The Kier molecular flexibility index (Phi) is 4.48. The zero-order valence-electron chi connectivity index (χ0n) is 12.1. The molecule has 106 valence electrons. The maximum atomic E-state index is 9.27. The standard InChI is InChI=1S/C16H25NO2/c1-4-16(3)14(10-15(16)19-5-2)17-11-12-6-8-13(18)9-7-12/h6-9,14-15,17-18H,4-5,10-11H2,1-3H3. The van der Waals surface area contributed by atoms with Crippen molar-refractivity contribution in [1.29, 1.82) is 0 Å². The normalized spacial score (nSPS) is 30.1. The van der Waals surface area contributed by atoms with E-state index in [9.17, 15) is 5.11 Å². The van der Waals surface area contributed by atoms with Crippen LogP contribution in [0.2, 0.25) is 0 Å². The molecule has 0 saturated heterocycles. The number of hydrogen-bond donors (Lipinski definition) is 2. The van der Waals surface area contributed by atoms with Gasteiger partial charge >= 0.3 is 0 Å². The Labute approximate surface area is 116 Å². The van der Waals surface area contributed by atoms with Crippen molar-refractivity contribution in [2.24, 2.45) is 5.41 Å². The molecule has 0 bridgehead atoms. The van der Waals surface area contributed by atoms with Crippen LogP contribution in [0.1, 0.15) is 39.2 Å². The lowest BCUT2D eigenvalue weighted by Crippen LogP contribution is -2.61. The summed E-state index contributed by atoms with van der Waals surface area (Å²) in [6.07, 6.45) is 2.61. The predicted molar refractivity (Wildman–Crippen MR) is 77.2 cm³/mol. The van der Waals surface area contributed by atoms with Gasteiger partial charge in [-0.05, 0) is 37.5 Å². The summed E-state index contributed by atoms with van der Waals surface area (Å²) >= 11 is 0. The van der Waals surface area contributed by atoms with Gasteiger partial charge in [0.2, 0.25) is 0 Å². The molecule has 0 radical (unpaired) electrons. The molecular weight excluding hydrogens is 238 g/mol. The Bertz CT molecular complexity index is 404. The van der Waals surface area contributed by atoms with Crippen molar-refractivity contribution in [2.75, 3.05) is 6.61 Å². The molecule has 3 atom stereocenters. The highest BCUT2D eigenvalue weighted by Crippen LogP contribution is 2.45. The van der Waals surface area contributed by atoms with Gasteiger partial charge in [0, 0.05) is 24.6 Å². The second kappa shape index (κ2) is 5.93. The van der Waals surface area contributed by atoms with Gasteiger partial charge in [-0.1, -0.05) is 26.0 Å². The molecule has 0 heterocycles. The van der Waals surface area contributed by atoms with Gasteiger partial charge in [0.1, 0.15) is 5.75 Å². The first kappa shape index (κ1) is 14.4. The Morgan fingerprint density at radius 2 is 2.00 bits per heavy atom. The van der Waals surface area contributed by atoms with E-state index in [1.165, 1.54) is 5.56 Å². The molecule has 0 amide bonds. The van der Waals surface area contributed by atoms with Crippen molar-refractivity contribution in [1.82, 2.24) is 5.32 Å². The highest BCUT2D eigenvalue weighted by atomic mass is 16.5. The van der Waals surface area contributed by atoms with E-state index in [1.54, 1.807) is 12.1 Å². The number of benzene rings is 1. The highest BCUT2D eigenvalue weighted by Gasteiger charge is 2.50. The van der Waals surface area contributed by atoms with Crippen molar-refractivity contribution in [3.8, 4) is 5.75 Å². The SMILES string of the molecule is CCOC1CC(NCc2ccc(O)cc2)C1(C)CC. The third-order valence-corrected chi connectivity index (χ3v) is 4.60. The van der Waals surface area contributed by atoms with Gasteiger partial charge in [-0.2, -0.15) is 0 Å². The van der Waals surface area contributed by atoms with Crippen LogP contribution in [0.4, 0.5) is 0 Å². The van der Waals surface area contributed by atoms with Crippen molar-refractivity contribution >= 4 is 0 Å². The molecular formula is C16H25NO2. The largest absolute Gasteiger partial charge is 0.508 e. The minimum Gasteiger partial charge on any atom is -0.508 e. The summed E-state index contributed by atoms with van der Waals surface area (Å²) < 4.78 is 5.81. The van der Waals surface area contributed by atoms with Crippen molar-refractivity contribution in [2.45, 2.75) is 52.3 Å². The quantitative estimate of drug-likeness (QED) is 0.828. The number of hydrogen-bond acceptors (Lipinski definition) is 3. The number of phenols is 1. The van der Waals surface area contributed by atoms with Crippen molar-refractivity contribution < 1.29 is 9.84 Å². The van der Waals surface area contributed by atoms with Gasteiger partial charge in [0.05, 0.1) is 6.10 Å². The van der Waals surface area contributed by atoms with E-state index in [0.717, 1.165) is 26.0 Å². The number of rotatable bonds is 6. The minimum absolute atomic E-state index is 0.243. The third kappa shape index (κ3) is 2.93. The number of aromatic hydroxyl groups is 1. The first-order chi connectivity index (χ1) is 9.10. The van der Waals surface area contributed by atoms with Gasteiger partial charge in [-0.25, -0.2) is 0 Å². The average molecular weight is 263 g/mol. The zero-order valence-corrected chi connectivity index (χ0v) is 12.1. The molecule has 2 rings (SSSR count). The Hall–Kier alpha value is -1.06. The van der Waals surface area contributed by atoms with Gasteiger partial charge in [-0.15, -0.1) is 0 Å². The summed E-state index contributed by atoms with van der Waals surface area (Å²) in [7, 11) is 0. The molecule has 1 saturated carbocycles. The van der Waals surface area contributed by atoms with E-state index < -0.39 is 0 Å². The van der Waals surface area contributed by atoms with Crippen LogP contribution in [0.25, 0.3) is 0 Å². The van der Waals surface area contributed by atoms with Crippen LogP contribution in [-0.2, 0) is 11.3 Å². The molecule has 0 spiro atoms. The summed E-state index contributed by atoms with van der Waals surface area (Å²) in [4.78, 5) is 0. The number of nitrogens with one attached hydrogen (secondary N) is 1. The van der Waals surface area contributed by atoms with Gasteiger partial charge < -0.3 is 15.2 Å². The van der Waals surface area contributed by atoms with Crippen molar-refractivity contribution in [3.63, 3.8) is 0 Å². The minimum atomic E-state index is 0.243. The lowest BCUT2D eigenvalue weighted by molar-refractivity contribution is -0.126. The fraction of sp³-hybridized carbons (Fsp3) is 0.625. The van der Waals surface area contributed by atoms with Crippen LogP contribution in [0.15, 0.2) is 24.3 Å². The molecule has 19 heavy (non-hydrogen) atoms. The zero-order chi connectivity index (χ0) is 13.9. The van der Waals surface area contributed by atoms with E-state index in [2.05, 4.69) is 26.1 Å². The Morgan fingerprint density at radius 1 is 1.32 bits per heavy atom. The molecule has 1 aromatic rings. The van der Waals surface area contributed by atoms with E-state index >= 15 is 0 Å². The fourth-order valence-corrected chi connectivity index (χ4v) is 2.92. The maximum absolute atomic E-state index is 9.27. The smallest absolute Gasteiger partial charge is 0.115 e. The number of phenolic OH excluding ortho intramolecular Hbond substituents is 1. The molecule has 0 aromatic heterocycles. The second-order valence-electron chi connectivity index (χ2n) is 5.64. The van der Waals surface area contributed by atoms with E-state index in [-0.39, 0.29) is 5.41 Å². The summed E-state index contributed by atoms with van der Waals surface area (Å²) in [5.74, 6) is 0.321. The van der Waals surface area contributed by atoms with Crippen LogP contribution >= 0.6 is 0 Å². The van der Waals surface area contributed by atoms with Gasteiger partial charge in [0.25, 0.3) is 0 Å². The highest BCUT2D eigenvalue weighted by molar-refractivity contribution is 5.26. The topological polar surface area (TPSA) is 41.5 Å². The van der Waals surface area contributed by atoms with Gasteiger partial charge in [0.15, 0.2) is 0 Å². The Balaban J connectivity index is 1.88. The average Bonchev–Trinajstić information content (AvgIpc) is 2.43. The number of ether oxygens (including phenoxy) is 1. The summed E-state index contributed by atoms with van der Waals surface area (Å²) in [5, 5.41) is 12.9. The molecule has 1 aromatic carbocycles. The van der Waals surface area contributed by atoms with Crippen LogP contribution in [0.3, 0.4) is 0 Å². The van der Waals surface area contributed by atoms with Crippen LogP contribution in [0.5, 0.6) is 5.75 Å². The molecule has 1 aliphatic carbocycles. The van der Waals surface area contributed by atoms with E-state index in [1.807, 2.05) is 12.1 Å². The molecule has 0 aliphatic heterocycles. The molecule has 2 N–H and O–H groups in total. The molecule has 3 heteroatoms. The maximum Gasteiger partial charge on any atom is 0.115 e. The molecule has 3 unspecified atom stereocenters. The molecule has 3 nitrogen and oxygen atoms in total. The van der Waals surface area contributed by atoms with Crippen LogP contribution in [-0.4, -0.2) is 23.9 Å². The fourth-order valence-electron chi connectivity index (χ4n) is 2.92. The predicted octanol–water partition coefficient (Wildman–Crippen LogP) is 3.08. The van der Waals surface area contributed by atoms with Crippen LogP contribution in [0, 0.1) is 5.41 Å².